The molecule has 0 heterocycles. The van der Waals surface area contributed by atoms with Gasteiger partial charge in [0.05, 0.1) is 19.1 Å². The first-order valence-corrected chi connectivity index (χ1v) is 8.61. The second kappa shape index (κ2) is 8.73. The normalized spacial score (nSPS) is 10.6. The predicted octanol–water partition coefficient (Wildman–Crippen LogP) is 5.42. The minimum Gasteiger partial charge on any atom is -0.497 e. The van der Waals surface area contributed by atoms with Crippen molar-refractivity contribution in [1.29, 1.82) is 0 Å². The maximum Gasteiger partial charge on any atom is 0.269 e. The maximum absolute atomic E-state index is 10.8. The van der Waals surface area contributed by atoms with Gasteiger partial charge in [-0.2, -0.15) is 0 Å². The molecule has 0 aliphatic rings. The van der Waals surface area contributed by atoms with Crippen LogP contribution in [-0.4, -0.2) is 19.1 Å². The molecule has 0 bridgehead atoms. The third kappa shape index (κ3) is 4.48. The number of anilines is 2. The predicted molar refractivity (Wildman–Crippen MR) is 110 cm³/mol. The zero-order valence-corrected chi connectivity index (χ0v) is 15.6. The Morgan fingerprint density at radius 1 is 0.786 bits per heavy atom. The Balaban J connectivity index is 1.93. The van der Waals surface area contributed by atoms with Crippen molar-refractivity contribution >= 4 is 23.1 Å². The van der Waals surface area contributed by atoms with Crippen molar-refractivity contribution in [3.8, 4) is 11.5 Å². The summed E-state index contributed by atoms with van der Waals surface area (Å²) >= 11 is 0. The van der Waals surface area contributed by atoms with Crippen LogP contribution in [0.4, 0.5) is 17.1 Å². The quantitative estimate of drug-likeness (QED) is 0.407. The summed E-state index contributed by atoms with van der Waals surface area (Å²) < 4.78 is 10.5. The van der Waals surface area contributed by atoms with Crippen molar-refractivity contribution in [2.45, 2.75) is 0 Å². The summed E-state index contributed by atoms with van der Waals surface area (Å²) in [5, 5.41) is 10.8. The van der Waals surface area contributed by atoms with Crippen molar-refractivity contribution in [3.63, 3.8) is 0 Å². The molecule has 0 unspecified atom stereocenters. The average molecular weight is 376 g/mol. The monoisotopic (exact) mass is 376 g/mol. The van der Waals surface area contributed by atoms with Crippen molar-refractivity contribution in [3.05, 3.63) is 94.7 Å². The molecule has 0 aliphatic heterocycles. The van der Waals surface area contributed by atoms with Gasteiger partial charge in [-0.15, -0.1) is 0 Å². The van der Waals surface area contributed by atoms with E-state index in [4.69, 9.17) is 9.47 Å². The zero-order valence-electron chi connectivity index (χ0n) is 15.6. The fourth-order valence-corrected chi connectivity index (χ4v) is 2.67. The van der Waals surface area contributed by atoms with Crippen LogP contribution in [-0.2, 0) is 0 Å². The number of methoxy groups -OCH3 is 2. The molecule has 0 amide bonds. The second-order valence-corrected chi connectivity index (χ2v) is 5.93. The fourth-order valence-electron chi connectivity index (χ4n) is 2.67. The van der Waals surface area contributed by atoms with Crippen molar-refractivity contribution in [2.75, 3.05) is 19.1 Å². The molecular weight excluding hydrogens is 356 g/mol. The van der Waals surface area contributed by atoms with Gasteiger partial charge in [-0.25, -0.2) is 0 Å². The van der Waals surface area contributed by atoms with Gasteiger partial charge in [-0.3, -0.25) is 10.1 Å². The zero-order chi connectivity index (χ0) is 19.9. The SMILES string of the molecule is COc1ccc(N(C=Cc2ccc([N+](=O)[O-])cc2)c2ccc(OC)cc2)cc1. The first-order chi connectivity index (χ1) is 13.6. The third-order valence-corrected chi connectivity index (χ3v) is 4.22. The Kier molecular flexibility index (Phi) is 5.91. The lowest BCUT2D eigenvalue weighted by atomic mass is 10.2. The first kappa shape index (κ1) is 19.0. The molecule has 28 heavy (non-hydrogen) atoms. The van der Waals surface area contributed by atoms with E-state index >= 15 is 0 Å². The van der Waals surface area contributed by atoms with Crippen LogP contribution in [0.15, 0.2) is 79.0 Å². The molecule has 3 aromatic rings. The van der Waals surface area contributed by atoms with Crippen LogP contribution in [0.5, 0.6) is 11.5 Å². The van der Waals surface area contributed by atoms with Crippen LogP contribution in [0, 0.1) is 10.1 Å². The van der Waals surface area contributed by atoms with E-state index in [0.717, 1.165) is 28.4 Å². The molecular formula is C22H20N2O4. The molecule has 142 valence electrons. The molecule has 0 aliphatic carbocycles. The minimum atomic E-state index is -0.408. The number of hydrogen-bond donors (Lipinski definition) is 0. The number of nitro groups is 1. The Morgan fingerprint density at radius 3 is 1.64 bits per heavy atom. The Labute approximate surface area is 163 Å². The van der Waals surface area contributed by atoms with E-state index in [2.05, 4.69) is 0 Å². The highest BCUT2D eigenvalue weighted by Gasteiger charge is 2.08. The van der Waals surface area contributed by atoms with Gasteiger partial charge >= 0.3 is 0 Å². The van der Waals surface area contributed by atoms with Crippen molar-refractivity contribution in [1.82, 2.24) is 0 Å². The van der Waals surface area contributed by atoms with Crippen LogP contribution >= 0.6 is 0 Å². The summed E-state index contributed by atoms with van der Waals surface area (Å²) in [5.74, 6) is 1.55. The molecule has 3 aromatic carbocycles. The lowest BCUT2D eigenvalue weighted by molar-refractivity contribution is -0.384. The molecule has 0 N–H and O–H groups in total. The number of ether oxygens (including phenoxy) is 2. The van der Waals surface area contributed by atoms with Gasteiger partial charge < -0.3 is 14.4 Å². The summed E-state index contributed by atoms with van der Waals surface area (Å²) in [6.45, 7) is 0. The Hall–Kier alpha value is -3.80. The van der Waals surface area contributed by atoms with Crippen LogP contribution in [0.3, 0.4) is 0 Å². The van der Waals surface area contributed by atoms with Crippen LogP contribution in [0.1, 0.15) is 5.56 Å². The van der Waals surface area contributed by atoms with Gasteiger partial charge in [0.1, 0.15) is 11.5 Å². The van der Waals surface area contributed by atoms with E-state index in [1.165, 1.54) is 12.1 Å². The largest absolute Gasteiger partial charge is 0.497 e. The number of nitrogens with zero attached hydrogens (tertiary/aromatic N) is 2. The lowest BCUT2D eigenvalue weighted by Gasteiger charge is -2.21. The van der Waals surface area contributed by atoms with Gasteiger partial charge in [-0.05, 0) is 72.3 Å². The number of rotatable bonds is 7. The van der Waals surface area contributed by atoms with Gasteiger partial charge in [0.15, 0.2) is 0 Å². The smallest absolute Gasteiger partial charge is 0.269 e. The van der Waals surface area contributed by atoms with E-state index in [1.807, 2.05) is 65.7 Å². The third-order valence-electron chi connectivity index (χ3n) is 4.22. The van der Waals surface area contributed by atoms with Crippen LogP contribution < -0.4 is 14.4 Å². The van der Waals surface area contributed by atoms with Gasteiger partial charge in [0.25, 0.3) is 5.69 Å². The average Bonchev–Trinajstić information content (AvgIpc) is 2.75. The maximum atomic E-state index is 10.8. The molecule has 0 spiro atoms. The Morgan fingerprint density at radius 2 is 1.25 bits per heavy atom. The first-order valence-electron chi connectivity index (χ1n) is 8.61. The summed E-state index contributed by atoms with van der Waals surface area (Å²) in [4.78, 5) is 12.4. The highest BCUT2D eigenvalue weighted by Crippen LogP contribution is 2.29. The van der Waals surface area contributed by atoms with E-state index < -0.39 is 4.92 Å². The number of nitro benzene ring substituents is 1. The highest BCUT2D eigenvalue weighted by molar-refractivity contribution is 5.70. The second-order valence-electron chi connectivity index (χ2n) is 5.93. The topological polar surface area (TPSA) is 64.8 Å². The van der Waals surface area contributed by atoms with Crippen molar-refractivity contribution in [2.24, 2.45) is 0 Å². The molecule has 3 rings (SSSR count). The van der Waals surface area contributed by atoms with E-state index in [9.17, 15) is 10.1 Å². The molecule has 6 heteroatoms. The molecule has 0 saturated carbocycles. The summed E-state index contributed by atoms with van der Waals surface area (Å²) in [6.07, 6.45) is 3.82. The Bertz CT molecular complexity index is 902. The summed E-state index contributed by atoms with van der Waals surface area (Å²) in [5.41, 5.74) is 2.82. The molecule has 0 radical (unpaired) electrons. The van der Waals surface area contributed by atoms with Crippen LogP contribution in [0.2, 0.25) is 0 Å². The molecule has 0 atom stereocenters. The summed E-state index contributed by atoms with van der Waals surface area (Å²) in [7, 11) is 3.26. The van der Waals surface area contributed by atoms with E-state index in [1.54, 1.807) is 26.4 Å². The van der Waals surface area contributed by atoms with E-state index in [0.29, 0.717) is 0 Å². The van der Waals surface area contributed by atoms with Gasteiger partial charge in [0, 0.05) is 29.7 Å². The standard InChI is InChI=1S/C22H20N2O4/c1-27-21-11-7-18(8-12-21)23(19-9-13-22(28-2)14-10-19)16-15-17-3-5-20(6-4-17)24(25)26/h3-16H,1-2H3. The molecule has 0 fully saturated rings. The molecule has 6 nitrogen and oxygen atoms in total. The molecule has 0 saturated heterocycles. The van der Waals surface area contributed by atoms with Crippen LogP contribution in [0.25, 0.3) is 6.08 Å². The fraction of sp³-hybridized carbons (Fsp3) is 0.0909. The highest BCUT2D eigenvalue weighted by atomic mass is 16.6. The molecule has 0 aromatic heterocycles. The van der Waals surface area contributed by atoms with Gasteiger partial charge in [-0.1, -0.05) is 0 Å². The number of hydrogen-bond acceptors (Lipinski definition) is 5. The number of non-ortho nitro benzene ring substituents is 1. The minimum absolute atomic E-state index is 0.0688. The van der Waals surface area contributed by atoms with Gasteiger partial charge in [0.2, 0.25) is 0 Å². The summed E-state index contributed by atoms with van der Waals surface area (Å²) in [6, 6.07) is 21.8. The number of benzene rings is 3. The van der Waals surface area contributed by atoms with Crippen molar-refractivity contribution < 1.29 is 14.4 Å². The lowest BCUT2D eigenvalue weighted by Crippen LogP contribution is -2.08. The van der Waals surface area contributed by atoms with E-state index in [-0.39, 0.29) is 5.69 Å².